The molecule has 0 atom stereocenters. The van der Waals surface area contributed by atoms with Crippen LogP contribution in [0, 0.1) is 0 Å². The molecule has 0 aliphatic carbocycles. The first-order valence-corrected chi connectivity index (χ1v) is 3.16. The highest BCUT2D eigenvalue weighted by Gasteiger charge is 1.93. The van der Waals surface area contributed by atoms with Gasteiger partial charge in [-0.15, -0.1) is 0 Å². The van der Waals surface area contributed by atoms with Crippen molar-refractivity contribution in [1.29, 1.82) is 0 Å². The van der Waals surface area contributed by atoms with Crippen molar-refractivity contribution in [3.8, 4) is 0 Å². The molecule has 0 radical (unpaired) electrons. The normalized spacial score (nSPS) is 9.40. The third-order valence-corrected chi connectivity index (χ3v) is 1.36. The van der Waals surface area contributed by atoms with Gasteiger partial charge in [-0.25, -0.2) is 0 Å². The minimum atomic E-state index is 0.520. The van der Waals surface area contributed by atoms with E-state index >= 15 is 0 Å². The third-order valence-electron chi connectivity index (χ3n) is 1.36. The Morgan fingerprint density at radius 1 is 1.70 bits per heavy atom. The molecule has 10 heavy (non-hydrogen) atoms. The van der Waals surface area contributed by atoms with Gasteiger partial charge in [-0.05, 0) is 12.1 Å². The quantitative estimate of drug-likeness (QED) is 0.601. The molecule has 1 aromatic rings. The smallest absolute Gasteiger partial charge is 0.0654 e. The van der Waals surface area contributed by atoms with E-state index in [9.17, 15) is 0 Å². The fourth-order valence-corrected chi connectivity index (χ4v) is 0.685. The highest BCUT2D eigenvalue weighted by Crippen LogP contribution is 2.06. The molecule has 0 unspecified atom stereocenters. The summed E-state index contributed by atoms with van der Waals surface area (Å²) in [7, 11) is 1.93. The summed E-state index contributed by atoms with van der Waals surface area (Å²) in [5, 5.41) is 0. The average Bonchev–Trinajstić information content (AvgIpc) is 2.05. The lowest BCUT2D eigenvalue weighted by Crippen LogP contribution is -2.24. The van der Waals surface area contributed by atoms with Gasteiger partial charge in [0.15, 0.2) is 0 Å². The lowest BCUT2D eigenvalue weighted by molar-refractivity contribution is 0.928. The largest absolute Gasteiger partial charge is 0.361 e. The summed E-state index contributed by atoms with van der Waals surface area (Å²) in [5.41, 5.74) is 6.45. The van der Waals surface area contributed by atoms with Crippen molar-refractivity contribution in [2.75, 3.05) is 18.6 Å². The molecular weight excluding hydrogens is 126 g/mol. The molecule has 2 N–H and O–H groups in total. The van der Waals surface area contributed by atoms with E-state index in [1.54, 1.807) is 12.4 Å². The van der Waals surface area contributed by atoms with Crippen LogP contribution in [0.2, 0.25) is 0 Å². The van der Waals surface area contributed by atoms with Crippen molar-refractivity contribution in [2.45, 2.75) is 0 Å². The van der Waals surface area contributed by atoms with E-state index in [1.165, 1.54) is 0 Å². The maximum atomic E-state index is 5.40. The highest BCUT2D eigenvalue weighted by molar-refractivity contribution is 5.41. The molecule has 0 bridgehead atoms. The van der Waals surface area contributed by atoms with Crippen molar-refractivity contribution < 1.29 is 0 Å². The van der Waals surface area contributed by atoms with Crippen molar-refractivity contribution in [2.24, 2.45) is 5.73 Å². The van der Waals surface area contributed by atoms with E-state index in [1.807, 2.05) is 24.1 Å². The zero-order chi connectivity index (χ0) is 7.40. The summed E-state index contributed by atoms with van der Waals surface area (Å²) in [6, 6.07) is 3.86. The molecule has 0 fully saturated rings. The van der Waals surface area contributed by atoms with Gasteiger partial charge in [0.1, 0.15) is 0 Å². The van der Waals surface area contributed by atoms with Crippen molar-refractivity contribution >= 4 is 5.69 Å². The van der Waals surface area contributed by atoms with Gasteiger partial charge in [0, 0.05) is 13.2 Å². The van der Waals surface area contributed by atoms with Crippen LogP contribution in [-0.4, -0.2) is 18.7 Å². The topological polar surface area (TPSA) is 42.1 Å². The van der Waals surface area contributed by atoms with Crippen LogP contribution < -0.4 is 10.6 Å². The zero-order valence-electron chi connectivity index (χ0n) is 5.99. The number of pyridine rings is 1. The van der Waals surface area contributed by atoms with Crippen LogP contribution in [-0.2, 0) is 0 Å². The van der Waals surface area contributed by atoms with Crippen LogP contribution in [0.15, 0.2) is 24.5 Å². The maximum absolute atomic E-state index is 5.40. The molecule has 3 heteroatoms. The van der Waals surface area contributed by atoms with Gasteiger partial charge in [0.25, 0.3) is 0 Å². The molecule has 1 heterocycles. The monoisotopic (exact) mass is 137 g/mol. The Balaban J connectivity index is 2.75. The average molecular weight is 137 g/mol. The second kappa shape index (κ2) is 3.17. The number of aromatic nitrogens is 1. The summed E-state index contributed by atoms with van der Waals surface area (Å²) < 4.78 is 0. The zero-order valence-corrected chi connectivity index (χ0v) is 5.99. The van der Waals surface area contributed by atoms with Gasteiger partial charge in [0.2, 0.25) is 0 Å². The third kappa shape index (κ3) is 1.45. The molecule has 0 aliphatic rings. The highest BCUT2D eigenvalue weighted by atomic mass is 15.2. The number of anilines is 1. The minimum Gasteiger partial charge on any atom is -0.361 e. The summed E-state index contributed by atoms with van der Waals surface area (Å²) in [6.45, 7) is 0.520. The van der Waals surface area contributed by atoms with Gasteiger partial charge in [0.05, 0.1) is 18.6 Å². The van der Waals surface area contributed by atoms with Crippen LogP contribution in [0.3, 0.4) is 0 Å². The van der Waals surface area contributed by atoms with Crippen molar-refractivity contribution in [3.63, 3.8) is 0 Å². The summed E-state index contributed by atoms with van der Waals surface area (Å²) in [6.07, 6.45) is 3.53. The Hall–Kier alpha value is -1.09. The molecule has 0 aromatic carbocycles. The molecule has 0 spiro atoms. The minimum absolute atomic E-state index is 0.520. The molecular formula is C7H11N3. The Kier molecular flexibility index (Phi) is 2.23. The molecule has 1 aromatic heterocycles. The van der Waals surface area contributed by atoms with Crippen LogP contribution in [0.25, 0.3) is 0 Å². The van der Waals surface area contributed by atoms with Gasteiger partial charge in [-0.1, -0.05) is 0 Å². The van der Waals surface area contributed by atoms with Crippen LogP contribution in [0.1, 0.15) is 0 Å². The first-order valence-electron chi connectivity index (χ1n) is 3.16. The van der Waals surface area contributed by atoms with E-state index in [0.29, 0.717) is 6.67 Å². The molecule has 54 valence electrons. The first kappa shape index (κ1) is 7.02. The molecule has 0 aliphatic heterocycles. The van der Waals surface area contributed by atoms with Crippen molar-refractivity contribution in [1.82, 2.24) is 4.98 Å². The van der Waals surface area contributed by atoms with Gasteiger partial charge >= 0.3 is 0 Å². The number of nitrogens with two attached hydrogens (primary N) is 1. The molecule has 0 amide bonds. The molecule has 0 saturated carbocycles. The van der Waals surface area contributed by atoms with Crippen LogP contribution >= 0.6 is 0 Å². The van der Waals surface area contributed by atoms with E-state index < -0.39 is 0 Å². The number of hydrogen-bond acceptors (Lipinski definition) is 3. The van der Waals surface area contributed by atoms with E-state index in [0.717, 1.165) is 5.69 Å². The maximum Gasteiger partial charge on any atom is 0.0654 e. The summed E-state index contributed by atoms with van der Waals surface area (Å²) in [4.78, 5) is 5.88. The summed E-state index contributed by atoms with van der Waals surface area (Å²) >= 11 is 0. The second-order valence-electron chi connectivity index (χ2n) is 2.09. The fraction of sp³-hybridized carbons (Fsp3) is 0.286. The molecule has 1 rings (SSSR count). The predicted molar refractivity (Wildman–Crippen MR) is 41.7 cm³/mol. The fourth-order valence-electron chi connectivity index (χ4n) is 0.685. The standard InChI is InChI=1S/C7H11N3/c1-10(6-8)7-3-2-4-9-5-7/h2-5H,6,8H2,1H3. The lowest BCUT2D eigenvalue weighted by Gasteiger charge is -2.14. The van der Waals surface area contributed by atoms with Crippen LogP contribution in [0.5, 0.6) is 0 Å². The lowest BCUT2D eigenvalue weighted by atomic mass is 10.4. The number of nitrogens with zero attached hydrogens (tertiary/aromatic N) is 2. The van der Waals surface area contributed by atoms with E-state index in [-0.39, 0.29) is 0 Å². The molecule has 3 nitrogen and oxygen atoms in total. The Morgan fingerprint density at radius 2 is 2.50 bits per heavy atom. The predicted octanol–water partition coefficient (Wildman–Crippen LogP) is 0.434. The first-order chi connectivity index (χ1) is 4.84. The Labute approximate surface area is 60.5 Å². The second-order valence-corrected chi connectivity index (χ2v) is 2.09. The SMILES string of the molecule is CN(CN)c1cccnc1. The van der Waals surface area contributed by atoms with Gasteiger partial charge in [-0.3, -0.25) is 4.98 Å². The summed E-state index contributed by atoms with van der Waals surface area (Å²) in [5.74, 6) is 0. The molecule has 0 saturated heterocycles. The van der Waals surface area contributed by atoms with E-state index in [2.05, 4.69) is 4.98 Å². The Morgan fingerprint density at radius 3 is 3.00 bits per heavy atom. The Bertz CT molecular complexity index is 185. The van der Waals surface area contributed by atoms with Gasteiger partial charge in [-0.2, -0.15) is 0 Å². The van der Waals surface area contributed by atoms with E-state index in [4.69, 9.17) is 5.73 Å². The number of rotatable bonds is 2. The number of hydrogen-bond donors (Lipinski definition) is 1. The van der Waals surface area contributed by atoms with Gasteiger partial charge < -0.3 is 10.6 Å². The van der Waals surface area contributed by atoms with Crippen LogP contribution in [0.4, 0.5) is 5.69 Å². The van der Waals surface area contributed by atoms with Crippen molar-refractivity contribution in [3.05, 3.63) is 24.5 Å².